The molecule has 1 saturated heterocycles. The van der Waals surface area contributed by atoms with Crippen molar-refractivity contribution < 1.29 is 29.0 Å². The summed E-state index contributed by atoms with van der Waals surface area (Å²) in [4.78, 5) is 48.9. The van der Waals surface area contributed by atoms with Crippen LogP contribution in [0.25, 0.3) is 0 Å². The number of rotatable bonds is 9. The maximum absolute atomic E-state index is 12.7. The molecule has 3 atom stereocenters. The molecule has 9 heteroatoms. The lowest BCUT2D eigenvalue weighted by molar-refractivity contribution is -0.167. The van der Waals surface area contributed by atoms with Gasteiger partial charge in [0.15, 0.2) is 6.10 Å². The summed E-state index contributed by atoms with van der Waals surface area (Å²) in [5.41, 5.74) is 1.84. The minimum Gasteiger partial charge on any atom is -0.480 e. The molecule has 0 aliphatic carbocycles. The van der Waals surface area contributed by atoms with Gasteiger partial charge in [0.05, 0.1) is 5.41 Å². The van der Waals surface area contributed by atoms with Crippen molar-refractivity contribution in [1.29, 1.82) is 0 Å². The van der Waals surface area contributed by atoms with Crippen LogP contribution in [0.15, 0.2) is 12.7 Å². The molecule has 0 bridgehead atoms. The van der Waals surface area contributed by atoms with Crippen LogP contribution in [-0.4, -0.2) is 58.6 Å². The maximum Gasteiger partial charge on any atom is 0.322 e. The van der Waals surface area contributed by atoms with E-state index in [1.54, 1.807) is 33.8 Å². The van der Waals surface area contributed by atoms with Gasteiger partial charge in [-0.25, -0.2) is 5.43 Å². The number of carbonyl (C=O) groups is 4. The van der Waals surface area contributed by atoms with E-state index in [-0.39, 0.29) is 5.92 Å². The Hall–Kier alpha value is -2.42. The van der Waals surface area contributed by atoms with Gasteiger partial charge in [0.1, 0.15) is 12.1 Å². The van der Waals surface area contributed by atoms with Crippen LogP contribution in [0, 0.1) is 11.3 Å². The van der Waals surface area contributed by atoms with Gasteiger partial charge in [-0.1, -0.05) is 19.9 Å². The van der Waals surface area contributed by atoms with Gasteiger partial charge < -0.3 is 15.2 Å². The Kier molecular flexibility index (Phi) is 8.81. The van der Waals surface area contributed by atoms with Gasteiger partial charge >= 0.3 is 11.9 Å². The van der Waals surface area contributed by atoms with Gasteiger partial charge in [-0.3, -0.25) is 24.2 Å². The Morgan fingerprint density at radius 2 is 1.93 bits per heavy atom. The number of carboxylic acids is 1. The molecule has 1 rings (SSSR count). The second kappa shape index (κ2) is 10.4. The highest BCUT2D eigenvalue weighted by Crippen LogP contribution is 2.24. The molecule has 1 aliphatic heterocycles. The molecular formula is C20H33N3O6. The Balaban J connectivity index is 2.76. The highest BCUT2D eigenvalue weighted by atomic mass is 16.5. The van der Waals surface area contributed by atoms with Gasteiger partial charge in [0.25, 0.3) is 11.8 Å². The number of nitrogens with one attached hydrogen (secondary N) is 2. The van der Waals surface area contributed by atoms with Gasteiger partial charge in [0, 0.05) is 6.54 Å². The molecule has 0 spiro atoms. The van der Waals surface area contributed by atoms with Crippen molar-refractivity contribution in [3.8, 4) is 0 Å². The van der Waals surface area contributed by atoms with E-state index < -0.39 is 47.4 Å². The first-order valence-corrected chi connectivity index (χ1v) is 9.83. The van der Waals surface area contributed by atoms with Gasteiger partial charge in [-0.15, -0.1) is 6.58 Å². The van der Waals surface area contributed by atoms with E-state index >= 15 is 0 Å². The van der Waals surface area contributed by atoms with Gasteiger partial charge in [-0.2, -0.15) is 0 Å². The summed E-state index contributed by atoms with van der Waals surface area (Å²) in [7, 11) is 0. The number of hydrogen-bond acceptors (Lipinski definition) is 6. The third-order valence-corrected chi connectivity index (χ3v) is 4.78. The second-order valence-electron chi connectivity index (χ2n) is 8.33. The van der Waals surface area contributed by atoms with E-state index in [0.29, 0.717) is 25.8 Å². The summed E-state index contributed by atoms with van der Waals surface area (Å²) in [6, 6.07) is -1.75. The van der Waals surface area contributed by atoms with Crippen molar-refractivity contribution in [3.63, 3.8) is 0 Å². The Morgan fingerprint density at radius 1 is 1.31 bits per heavy atom. The predicted molar refractivity (Wildman–Crippen MR) is 106 cm³/mol. The van der Waals surface area contributed by atoms with E-state index in [0.717, 1.165) is 0 Å². The van der Waals surface area contributed by atoms with Crippen molar-refractivity contribution in [3.05, 3.63) is 12.7 Å². The molecule has 2 amide bonds. The average Bonchev–Trinajstić information content (AvgIpc) is 2.64. The third kappa shape index (κ3) is 6.85. The monoisotopic (exact) mass is 411 g/mol. The zero-order chi connectivity index (χ0) is 22.4. The first-order chi connectivity index (χ1) is 13.4. The lowest BCUT2D eigenvalue weighted by Gasteiger charge is -2.34. The summed E-state index contributed by atoms with van der Waals surface area (Å²) in [5, 5.41) is 12.9. The summed E-state index contributed by atoms with van der Waals surface area (Å²) in [6.45, 7) is 12.4. The fraction of sp³-hybridized carbons (Fsp3) is 0.700. The van der Waals surface area contributed by atoms with Crippen LogP contribution in [0.3, 0.4) is 0 Å². The summed E-state index contributed by atoms with van der Waals surface area (Å²) in [6.07, 6.45) is 1.93. The van der Waals surface area contributed by atoms with Crippen molar-refractivity contribution in [2.24, 2.45) is 11.3 Å². The van der Waals surface area contributed by atoms with Crippen LogP contribution in [0.2, 0.25) is 0 Å². The van der Waals surface area contributed by atoms with Gasteiger partial charge in [-0.05, 0) is 46.0 Å². The highest BCUT2D eigenvalue weighted by Gasteiger charge is 2.36. The fourth-order valence-corrected chi connectivity index (χ4v) is 2.93. The third-order valence-electron chi connectivity index (χ3n) is 4.78. The number of hydrogen-bond donors (Lipinski definition) is 3. The molecule has 0 saturated carbocycles. The minimum absolute atomic E-state index is 0.301. The number of ether oxygens (including phenoxy) is 1. The van der Waals surface area contributed by atoms with Crippen LogP contribution in [0.4, 0.5) is 0 Å². The Labute approximate surface area is 171 Å². The topological polar surface area (TPSA) is 125 Å². The number of esters is 1. The molecule has 1 aliphatic rings. The predicted octanol–water partition coefficient (Wildman–Crippen LogP) is 1.24. The minimum atomic E-state index is -1.05. The molecule has 3 N–H and O–H groups in total. The smallest absolute Gasteiger partial charge is 0.322 e. The fourth-order valence-electron chi connectivity index (χ4n) is 2.93. The SMILES string of the molecule is C=CCC(C)(C)C(=O)O[C@H](C(=O)N[C@@H](C)C(=O)N1CCC[C@@H](C(=O)O)N1)C(C)C. The molecular weight excluding hydrogens is 378 g/mol. The molecule has 1 fully saturated rings. The second-order valence-corrected chi connectivity index (χ2v) is 8.33. The van der Waals surface area contributed by atoms with Crippen molar-refractivity contribution in [2.75, 3.05) is 6.54 Å². The summed E-state index contributed by atoms with van der Waals surface area (Å²) < 4.78 is 5.45. The molecule has 0 aromatic carbocycles. The Morgan fingerprint density at radius 3 is 2.45 bits per heavy atom. The van der Waals surface area contributed by atoms with E-state index in [2.05, 4.69) is 17.3 Å². The standard InChI is InChI=1S/C20H33N3O6/c1-7-10-20(5,6)19(28)29-15(12(2)3)16(24)21-13(4)17(25)23-11-8-9-14(22-23)18(26)27/h7,12-15,22H,1,8-11H2,2-6H3,(H,21,24)(H,26,27)/t13-,14-,15-/m0/s1. The summed E-state index contributed by atoms with van der Waals surface area (Å²) >= 11 is 0. The van der Waals surface area contributed by atoms with E-state index in [1.807, 2.05) is 0 Å². The maximum atomic E-state index is 12.7. The van der Waals surface area contributed by atoms with Crippen LogP contribution in [-0.2, 0) is 23.9 Å². The zero-order valence-corrected chi connectivity index (χ0v) is 17.9. The molecule has 9 nitrogen and oxygen atoms in total. The number of hydrazine groups is 1. The van der Waals surface area contributed by atoms with Crippen LogP contribution >= 0.6 is 0 Å². The normalized spacial score (nSPS) is 19.2. The number of carbonyl (C=O) groups excluding carboxylic acids is 3. The molecule has 164 valence electrons. The van der Waals surface area contributed by atoms with Crippen LogP contribution in [0.1, 0.15) is 53.9 Å². The van der Waals surface area contributed by atoms with E-state index in [4.69, 9.17) is 9.84 Å². The van der Waals surface area contributed by atoms with E-state index in [9.17, 15) is 19.2 Å². The first kappa shape index (κ1) is 24.6. The number of amides is 2. The number of aliphatic carboxylic acids is 1. The first-order valence-electron chi connectivity index (χ1n) is 9.83. The number of carboxylic acid groups (broad SMARTS) is 1. The summed E-state index contributed by atoms with van der Waals surface area (Å²) in [5.74, 6) is -2.88. The van der Waals surface area contributed by atoms with Crippen molar-refractivity contribution >= 4 is 23.8 Å². The molecule has 0 radical (unpaired) electrons. The quantitative estimate of drug-likeness (QED) is 0.385. The average molecular weight is 411 g/mol. The lowest BCUT2D eigenvalue weighted by Crippen LogP contribution is -2.60. The van der Waals surface area contributed by atoms with Gasteiger partial charge in [0.2, 0.25) is 0 Å². The lowest BCUT2D eigenvalue weighted by atomic mass is 9.89. The van der Waals surface area contributed by atoms with E-state index in [1.165, 1.54) is 11.9 Å². The molecule has 0 aromatic heterocycles. The molecule has 0 unspecified atom stereocenters. The molecule has 29 heavy (non-hydrogen) atoms. The Bertz CT molecular complexity index is 646. The number of nitrogens with zero attached hydrogens (tertiary/aromatic N) is 1. The largest absolute Gasteiger partial charge is 0.480 e. The van der Waals surface area contributed by atoms with Crippen molar-refractivity contribution in [2.45, 2.75) is 72.1 Å². The van der Waals surface area contributed by atoms with Crippen molar-refractivity contribution in [1.82, 2.24) is 15.8 Å². The molecule has 0 aromatic rings. The van der Waals surface area contributed by atoms with Crippen LogP contribution < -0.4 is 10.7 Å². The number of allylic oxidation sites excluding steroid dienone is 1. The molecule has 1 heterocycles. The zero-order valence-electron chi connectivity index (χ0n) is 17.9. The van der Waals surface area contributed by atoms with Crippen LogP contribution in [0.5, 0.6) is 0 Å². The highest BCUT2D eigenvalue weighted by molar-refractivity contribution is 5.90.